The van der Waals surface area contributed by atoms with Gasteiger partial charge in [-0.05, 0) is 57.9 Å². The topological polar surface area (TPSA) is 66.9 Å². The van der Waals surface area contributed by atoms with Crippen LogP contribution in [-0.4, -0.2) is 22.1 Å². The van der Waals surface area contributed by atoms with Gasteiger partial charge in [-0.15, -0.1) is 0 Å². The molecule has 2 N–H and O–H groups in total. The Morgan fingerprint density at radius 1 is 1.03 bits per heavy atom. The van der Waals surface area contributed by atoms with Crippen LogP contribution in [0.2, 0.25) is 10.0 Å². The van der Waals surface area contributed by atoms with Crippen molar-refractivity contribution in [3.63, 3.8) is 0 Å². The van der Waals surface area contributed by atoms with Gasteiger partial charge < -0.3 is 0 Å². The second kappa shape index (κ2) is 11.2. The lowest BCUT2D eigenvalue weighted by atomic mass is 9.95. The van der Waals surface area contributed by atoms with Gasteiger partial charge in [-0.3, -0.25) is 15.6 Å². The van der Waals surface area contributed by atoms with Crippen molar-refractivity contribution >= 4 is 56.8 Å². The third-order valence-corrected chi connectivity index (χ3v) is 6.39. The summed E-state index contributed by atoms with van der Waals surface area (Å²) in [5, 5.41) is -0.328. The van der Waals surface area contributed by atoms with Crippen molar-refractivity contribution in [3.8, 4) is 0 Å². The van der Waals surface area contributed by atoms with Gasteiger partial charge in [0.15, 0.2) is 0 Å². The molecule has 1 amide bonds. The number of allylic oxidation sites excluding steroid dienone is 1. The number of carbonyl (C=O) groups is 1. The van der Waals surface area contributed by atoms with Crippen molar-refractivity contribution in [1.29, 1.82) is 0 Å². The summed E-state index contributed by atoms with van der Waals surface area (Å²) in [6, 6.07) is 4.90. The first-order chi connectivity index (χ1) is 17.2. The van der Waals surface area contributed by atoms with Crippen LogP contribution in [-0.2, 0) is 6.18 Å². The summed E-state index contributed by atoms with van der Waals surface area (Å²) in [6.07, 6.45) is -7.47. The molecule has 196 valence electrons. The monoisotopic (exact) mass is 630 g/mol. The van der Waals surface area contributed by atoms with E-state index in [1.165, 1.54) is 18.5 Å². The zero-order valence-corrected chi connectivity index (χ0v) is 21.0. The number of nitrogens with zero attached hydrogens (tertiary/aromatic N) is 2. The number of carbonyl (C=O) groups excluding carboxylic acids is 1. The summed E-state index contributed by atoms with van der Waals surface area (Å²) < 4.78 is 97.3. The molecule has 0 aliphatic heterocycles. The summed E-state index contributed by atoms with van der Waals surface area (Å²) in [5.41, 5.74) is 0.326. The summed E-state index contributed by atoms with van der Waals surface area (Å²) >= 11 is 14.6. The average Bonchev–Trinajstić information content (AvgIpc) is 2.83. The highest BCUT2D eigenvalue weighted by Gasteiger charge is 2.41. The number of nitrogens with one attached hydrogen (secondary N) is 2. The van der Waals surface area contributed by atoms with Gasteiger partial charge in [0.1, 0.15) is 11.7 Å². The number of hydrazine groups is 1. The molecule has 1 unspecified atom stereocenters. The van der Waals surface area contributed by atoms with Crippen LogP contribution in [0.25, 0.3) is 5.83 Å². The molecular formula is C22H12BrCl2F7N4O. The average molecular weight is 632 g/mol. The maximum absolute atomic E-state index is 14.9. The summed E-state index contributed by atoms with van der Waals surface area (Å²) in [6.45, 7) is 0. The zero-order chi connectivity index (χ0) is 27.5. The van der Waals surface area contributed by atoms with Gasteiger partial charge in [-0.2, -0.15) is 26.3 Å². The van der Waals surface area contributed by atoms with E-state index in [1.54, 1.807) is 0 Å². The zero-order valence-electron chi connectivity index (χ0n) is 17.9. The van der Waals surface area contributed by atoms with E-state index < -0.39 is 52.3 Å². The van der Waals surface area contributed by atoms with E-state index in [-0.39, 0.29) is 32.6 Å². The SMILES string of the molecule is O=C(NNc1ncccn1)c1ccc(C(F)=CC(c2cc(Cl)c(Cl)c(Br)c2)C(F)(F)F)cc1C(F)(F)F. The minimum Gasteiger partial charge on any atom is -0.267 e. The van der Waals surface area contributed by atoms with Crippen molar-refractivity contribution in [2.45, 2.75) is 18.3 Å². The van der Waals surface area contributed by atoms with Crippen LogP contribution in [0, 0.1) is 0 Å². The second-order valence-electron chi connectivity index (χ2n) is 7.24. The van der Waals surface area contributed by atoms with Gasteiger partial charge in [-0.25, -0.2) is 14.4 Å². The quantitative estimate of drug-likeness (QED) is 0.164. The van der Waals surface area contributed by atoms with Crippen LogP contribution in [0.15, 0.2) is 59.3 Å². The molecule has 0 saturated heterocycles. The highest BCUT2D eigenvalue weighted by atomic mass is 79.9. The van der Waals surface area contributed by atoms with Crippen molar-refractivity contribution in [2.75, 3.05) is 5.43 Å². The van der Waals surface area contributed by atoms with Crippen LogP contribution in [0.1, 0.15) is 33.0 Å². The predicted molar refractivity (Wildman–Crippen MR) is 127 cm³/mol. The second-order valence-corrected chi connectivity index (χ2v) is 8.88. The molecule has 2 aromatic carbocycles. The van der Waals surface area contributed by atoms with Crippen molar-refractivity contribution < 1.29 is 35.5 Å². The molecule has 15 heteroatoms. The van der Waals surface area contributed by atoms with E-state index in [2.05, 4.69) is 31.3 Å². The minimum absolute atomic E-state index is 0.00367. The fourth-order valence-corrected chi connectivity index (χ4v) is 3.97. The molecule has 1 atom stereocenters. The first-order valence-electron chi connectivity index (χ1n) is 9.82. The Morgan fingerprint density at radius 3 is 2.24 bits per heavy atom. The molecule has 5 nitrogen and oxygen atoms in total. The third kappa shape index (κ3) is 7.11. The highest BCUT2D eigenvalue weighted by Crippen LogP contribution is 2.42. The molecule has 1 heterocycles. The molecule has 1 aromatic heterocycles. The molecule has 0 saturated carbocycles. The summed E-state index contributed by atoms with van der Waals surface area (Å²) in [7, 11) is 0. The first kappa shape index (κ1) is 28.7. The van der Waals surface area contributed by atoms with Crippen LogP contribution < -0.4 is 10.9 Å². The van der Waals surface area contributed by atoms with Crippen LogP contribution >= 0.6 is 39.1 Å². The van der Waals surface area contributed by atoms with Gasteiger partial charge in [0.2, 0.25) is 5.95 Å². The van der Waals surface area contributed by atoms with Crippen molar-refractivity contribution in [1.82, 2.24) is 15.4 Å². The van der Waals surface area contributed by atoms with Crippen molar-refractivity contribution in [3.05, 3.63) is 91.6 Å². The summed E-state index contributed by atoms with van der Waals surface area (Å²) in [5.74, 6) is -5.59. The maximum atomic E-state index is 14.9. The lowest BCUT2D eigenvalue weighted by molar-refractivity contribution is -0.140. The maximum Gasteiger partial charge on any atom is 0.417 e. The molecule has 0 fully saturated rings. The third-order valence-electron chi connectivity index (χ3n) is 4.73. The van der Waals surface area contributed by atoms with Gasteiger partial charge in [0.05, 0.1) is 21.2 Å². The molecule has 37 heavy (non-hydrogen) atoms. The molecule has 3 aromatic rings. The van der Waals surface area contributed by atoms with Gasteiger partial charge in [-0.1, -0.05) is 29.3 Å². The normalized spacial score (nSPS) is 13.3. The van der Waals surface area contributed by atoms with Gasteiger partial charge in [0, 0.05) is 22.4 Å². The predicted octanol–water partition coefficient (Wildman–Crippen LogP) is 7.98. The standard InChI is InChI=1S/C22H12BrCl2F7N4O/c23-15-7-11(8-16(24)18(15)25)13(21(27,28)29)9-17(26)10-2-3-12(14(6-10)22(30,31)32)19(37)35-36-20-33-4-1-5-34-20/h1-9,13H,(H,35,37)(H,33,34,36). The summed E-state index contributed by atoms with van der Waals surface area (Å²) in [4.78, 5) is 19.8. The smallest absolute Gasteiger partial charge is 0.267 e. The fourth-order valence-electron chi connectivity index (χ4n) is 3.05. The molecule has 0 radical (unpaired) electrons. The number of alkyl halides is 6. The van der Waals surface area contributed by atoms with Crippen LogP contribution in [0.3, 0.4) is 0 Å². The van der Waals surface area contributed by atoms with E-state index in [9.17, 15) is 35.5 Å². The molecule has 3 rings (SSSR count). The Labute approximate surface area is 222 Å². The lowest BCUT2D eigenvalue weighted by Gasteiger charge is -2.19. The van der Waals surface area contributed by atoms with E-state index in [0.29, 0.717) is 6.07 Å². The molecule has 0 aliphatic rings. The molecule has 0 bridgehead atoms. The number of aromatic nitrogens is 2. The van der Waals surface area contributed by atoms with Gasteiger partial charge >= 0.3 is 12.4 Å². The highest BCUT2D eigenvalue weighted by molar-refractivity contribution is 9.10. The van der Waals surface area contributed by atoms with Crippen molar-refractivity contribution in [2.24, 2.45) is 0 Å². The number of benzene rings is 2. The largest absolute Gasteiger partial charge is 0.417 e. The Morgan fingerprint density at radius 2 is 1.68 bits per heavy atom. The minimum atomic E-state index is -5.15. The number of amides is 1. The van der Waals surface area contributed by atoms with E-state index in [0.717, 1.165) is 18.2 Å². The van der Waals surface area contributed by atoms with E-state index in [1.807, 2.05) is 5.43 Å². The Hall–Kier alpha value is -2.90. The number of rotatable bonds is 6. The van der Waals surface area contributed by atoms with Crippen LogP contribution in [0.4, 0.5) is 36.7 Å². The first-order valence-corrected chi connectivity index (χ1v) is 11.4. The Bertz CT molecular complexity index is 1310. The number of hydrogen-bond acceptors (Lipinski definition) is 4. The molecule has 0 spiro atoms. The fraction of sp³-hybridized carbons (Fsp3) is 0.136. The number of halogens is 10. The van der Waals surface area contributed by atoms with E-state index >= 15 is 0 Å². The number of hydrogen-bond donors (Lipinski definition) is 2. The molecule has 0 aliphatic carbocycles. The Kier molecular flexibility index (Phi) is 8.70. The lowest BCUT2D eigenvalue weighted by Crippen LogP contribution is -2.32. The van der Waals surface area contributed by atoms with Crippen LogP contribution in [0.5, 0.6) is 0 Å². The van der Waals surface area contributed by atoms with Gasteiger partial charge in [0.25, 0.3) is 5.91 Å². The van der Waals surface area contributed by atoms with E-state index in [4.69, 9.17) is 23.2 Å². The molecular weight excluding hydrogens is 620 g/mol. The number of anilines is 1. The Balaban J connectivity index is 1.99.